The average Bonchev–Trinajstić information content (AvgIpc) is 2.40. The van der Waals surface area contributed by atoms with Gasteiger partial charge in [-0.05, 0) is 38.3 Å². The molecule has 0 aromatic heterocycles. The fourth-order valence-electron chi connectivity index (χ4n) is 2.25. The predicted molar refractivity (Wildman–Crippen MR) is 66.7 cm³/mol. The van der Waals surface area contributed by atoms with E-state index in [1.165, 1.54) is 0 Å². The van der Waals surface area contributed by atoms with Gasteiger partial charge in [0.05, 0.1) is 0 Å². The van der Waals surface area contributed by atoms with Gasteiger partial charge in [0.1, 0.15) is 6.23 Å². The largest absolute Gasteiger partial charge is 0.359 e. The zero-order valence-electron chi connectivity index (χ0n) is 10.3. The van der Waals surface area contributed by atoms with Crippen molar-refractivity contribution in [2.45, 2.75) is 32.4 Å². The molecule has 0 bridgehead atoms. The number of carbonyl (C=O) groups excluding carboxylic acids is 1. The standard InChI is InChI=1S/C14H19NO2/c1-2-17-13-10-6-7-11-15(13)14(16)12-8-4-3-5-9-12/h3-5,8-9,13H,2,6-7,10-11H2,1H3. The van der Waals surface area contributed by atoms with Gasteiger partial charge in [-0.2, -0.15) is 0 Å². The molecule has 0 N–H and O–H groups in total. The Kier molecular flexibility index (Phi) is 4.15. The van der Waals surface area contributed by atoms with Crippen LogP contribution in [0.1, 0.15) is 36.5 Å². The maximum Gasteiger partial charge on any atom is 0.255 e. The lowest BCUT2D eigenvalue weighted by atomic mass is 10.1. The van der Waals surface area contributed by atoms with Crippen molar-refractivity contribution in [3.05, 3.63) is 35.9 Å². The predicted octanol–water partition coefficient (Wildman–Crippen LogP) is 2.68. The van der Waals surface area contributed by atoms with Gasteiger partial charge < -0.3 is 9.64 Å². The molecule has 92 valence electrons. The van der Waals surface area contributed by atoms with Gasteiger partial charge in [-0.3, -0.25) is 4.79 Å². The molecule has 0 radical (unpaired) electrons. The summed E-state index contributed by atoms with van der Waals surface area (Å²) in [6.07, 6.45) is 3.12. The molecule has 1 aliphatic rings. The summed E-state index contributed by atoms with van der Waals surface area (Å²) in [5.41, 5.74) is 0.749. The maximum absolute atomic E-state index is 12.3. The number of likely N-dealkylation sites (tertiary alicyclic amines) is 1. The Morgan fingerprint density at radius 2 is 2.12 bits per heavy atom. The molecule has 1 heterocycles. The molecule has 1 amide bonds. The third-order valence-corrected chi connectivity index (χ3v) is 3.09. The van der Waals surface area contributed by atoms with E-state index < -0.39 is 0 Å². The summed E-state index contributed by atoms with van der Waals surface area (Å²) < 4.78 is 5.64. The van der Waals surface area contributed by atoms with E-state index in [9.17, 15) is 4.79 Å². The Balaban J connectivity index is 2.11. The fraction of sp³-hybridized carbons (Fsp3) is 0.500. The Morgan fingerprint density at radius 1 is 1.35 bits per heavy atom. The number of rotatable bonds is 3. The van der Waals surface area contributed by atoms with Crippen molar-refractivity contribution in [2.75, 3.05) is 13.2 Å². The first-order valence-corrected chi connectivity index (χ1v) is 6.30. The van der Waals surface area contributed by atoms with Crippen molar-refractivity contribution < 1.29 is 9.53 Å². The SMILES string of the molecule is CCOC1CCCCN1C(=O)c1ccccc1. The van der Waals surface area contributed by atoms with E-state index in [1.807, 2.05) is 42.2 Å². The van der Waals surface area contributed by atoms with Gasteiger partial charge in [-0.15, -0.1) is 0 Å². The number of benzene rings is 1. The fourth-order valence-corrected chi connectivity index (χ4v) is 2.25. The molecule has 17 heavy (non-hydrogen) atoms. The summed E-state index contributed by atoms with van der Waals surface area (Å²) in [6, 6.07) is 9.44. The van der Waals surface area contributed by atoms with Gasteiger partial charge in [0.25, 0.3) is 5.91 Å². The van der Waals surface area contributed by atoms with Crippen LogP contribution in [0.2, 0.25) is 0 Å². The number of ether oxygens (including phenoxy) is 1. The quantitative estimate of drug-likeness (QED) is 0.803. The molecule has 2 rings (SSSR count). The third kappa shape index (κ3) is 2.86. The smallest absolute Gasteiger partial charge is 0.255 e. The summed E-state index contributed by atoms with van der Waals surface area (Å²) >= 11 is 0. The minimum Gasteiger partial charge on any atom is -0.359 e. The molecule has 1 aliphatic heterocycles. The Hall–Kier alpha value is -1.35. The second-order valence-electron chi connectivity index (χ2n) is 4.27. The Labute approximate surface area is 102 Å². The monoisotopic (exact) mass is 233 g/mol. The van der Waals surface area contributed by atoms with Crippen molar-refractivity contribution in [3.8, 4) is 0 Å². The van der Waals surface area contributed by atoms with Crippen LogP contribution in [0.15, 0.2) is 30.3 Å². The number of nitrogens with zero attached hydrogens (tertiary/aromatic N) is 1. The second kappa shape index (κ2) is 5.82. The molecule has 3 heteroatoms. The lowest BCUT2D eigenvalue weighted by Crippen LogP contribution is -2.45. The number of carbonyl (C=O) groups is 1. The van der Waals surface area contributed by atoms with Crippen molar-refractivity contribution in [1.82, 2.24) is 4.90 Å². The first-order valence-electron chi connectivity index (χ1n) is 6.30. The number of amides is 1. The molecular formula is C14H19NO2. The van der Waals surface area contributed by atoms with E-state index in [1.54, 1.807) is 0 Å². The van der Waals surface area contributed by atoms with Gasteiger partial charge >= 0.3 is 0 Å². The van der Waals surface area contributed by atoms with E-state index in [0.29, 0.717) is 6.61 Å². The van der Waals surface area contributed by atoms with E-state index in [2.05, 4.69) is 0 Å². The van der Waals surface area contributed by atoms with Crippen LogP contribution in [0.4, 0.5) is 0 Å². The van der Waals surface area contributed by atoms with Crippen LogP contribution in [0.5, 0.6) is 0 Å². The van der Waals surface area contributed by atoms with Crippen LogP contribution in [-0.2, 0) is 4.74 Å². The maximum atomic E-state index is 12.3. The summed E-state index contributed by atoms with van der Waals surface area (Å²) in [4.78, 5) is 14.2. The van der Waals surface area contributed by atoms with Gasteiger partial charge in [0.2, 0.25) is 0 Å². The van der Waals surface area contributed by atoms with Crippen LogP contribution in [-0.4, -0.2) is 30.2 Å². The summed E-state index contributed by atoms with van der Waals surface area (Å²) in [5.74, 6) is 0.0868. The van der Waals surface area contributed by atoms with E-state index >= 15 is 0 Å². The first kappa shape index (κ1) is 12.1. The highest BCUT2D eigenvalue weighted by Crippen LogP contribution is 2.20. The Morgan fingerprint density at radius 3 is 2.82 bits per heavy atom. The van der Waals surface area contributed by atoms with E-state index in [0.717, 1.165) is 31.4 Å². The van der Waals surface area contributed by atoms with Crippen LogP contribution >= 0.6 is 0 Å². The molecule has 1 saturated heterocycles. The lowest BCUT2D eigenvalue weighted by molar-refractivity contribution is -0.0587. The normalized spacial score (nSPS) is 20.3. The molecule has 0 saturated carbocycles. The van der Waals surface area contributed by atoms with Crippen LogP contribution in [0, 0.1) is 0 Å². The van der Waals surface area contributed by atoms with Crippen LogP contribution < -0.4 is 0 Å². The Bertz CT molecular complexity index is 362. The van der Waals surface area contributed by atoms with Crippen molar-refractivity contribution in [2.24, 2.45) is 0 Å². The topological polar surface area (TPSA) is 29.5 Å². The molecular weight excluding hydrogens is 214 g/mol. The van der Waals surface area contributed by atoms with Gasteiger partial charge in [-0.25, -0.2) is 0 Å². The molecule has 3 nitrogen and oxygen atoms in total. The zero-order valence-corrected chi connectivity index (χ0v) is 10.3. The minimum absolute atomic E-state index is 0.0403. The van der Waals surface area contributed by atoms with E-state index in [-0.39, 0.29) is 12.1 Å². The average molecular weight is 233 g/mol. The minimum atomic E-state index is -0.0403. The third-order valence-electron chi connectivity index (χ3n) is 3.09. The summed E-state index contributed by atoms with van der Waals surface area (Å²) in [6.45, 7) is 3.43. The highest BCUT2D eigenvalue weighted by Gasteiger charge is 2.27. The molecule has 0 aliphatic carbocycles. The number of hydrogen-bond acceptors (Lipinski definition) is 2. The summed E-state index contributed by atoms with van der Waals surface area (Å²) in [7, 11) is 0. The molecule has 1 unspecified atom stereocenters. The number of hydrogen-bond donors (Lipinski definition) is 0. The van der Waals surface area contributed by atoms with Crippen molar-refractivity contribution in [1.29, 1.82) is 0 Å². The van der Waals surface area contributed by atoms with E-state index in [4.69, 9.17) is 4.74 Å². The van der Waals surface area contributed by atoms with Gasteiger partial charge in [-0.1, -0.05) is 18.2 Å². The van der Waals surface area contributed by atoms with Gasteiger partial charge in [0, 0.05) is 18.7 Å². The molecule has 1 aromatic carbocycles. The zero-order chi connectivity index (χ0) is 12.1. The lowest BCUT2D eigenvalue weighted by Gasteiger charge is -2.35. The first-order chi connectivity index (χ1) is 8.33. The van der Waals surface area contributed by atoms with Crippen molar-refractivity contribution in [3.63, 3.8) is 0 Å². The van der Waals surface area contributed by atoms with Crippen molar-refractivity contribution >= 4 is 5.91 Å². The highest BCUT2D eigenvalue weighted by atomic mass is 16.5. The van der Waals surface area contributed by atoms with Crippen LogP contribution in [0.3, 0.4) is 0 Å². The molecule has 1 fully saturated rings. The second-order valence-corrected chi connectivity index (χ2v) is 4.27. The van der Waals surface area contributed by atoms with Gasteiger partial charge in [0.15, 0.2) is 0 Å². The molecule has 1 aromatic rings. The van der Waals surface area contributed by atoms with Crippen LogP contribution in [0.25, 0.3) is 0 Å². The molecule has 0 spiro atoms. The molecule has 1 atom stereocenters. The summed E-state index contributed by atoms with van der Waals surface area (Å²) in [5, 5.41) is 0. The number of piperidine rings is 1. The highest BCUT2D eigenvalue weighted by molar-refractivity contribution is 5.94.